The third kappa shape index (κ3) is 4.49. The van der Waals surface area contributed by atoms with Crippen molar-refractivity contribution >= 4 is 68.6 Å². The Morgan fingerprint density at radius 1 is 1.32 bits per heavy atom. The van der Waals surface area contributed by atoms with E-state index in [0.717, 1.165) is 15.6 Å². The van der Waals surface area contributed by atoms with E-state index >= 15 is 0 Å². The number of hydrogen-bond donors (Lipinski definition) is 0. The second-order valence-electron chi connectivity index (χ2n) is 5.88. The van der Waals surface area contributed by atoms with Gasteiger partial charge in [-0.1, -0.05) is 37.0 Å². The molecule has 4 nitrogen and oxygen atoms in total. The SMILES string of the molecule is CCCOc1c(I)cc(/C=C2/SC(=S)N(c3cccc(F)c3)C2=O)cc1OC. The number of amides is 1. The van der Waals surface area contributed by atoms with Gasteiger partial charge < -0.3 is 9.47 Å². The molecule has 0 atom stereocenters. The van der Waals surface area contributed by atoms with Crippen molar-refractivity contribution in [2.75, 3.05) is 18.6 Å². The van der Waals surface area contributed by atoms with E-state index < -0.39 is 5.82 Å². The van der Waals surface area contributed by atoms with Crippen molar-refractivity contribution < 1.29 is 18.7 Å². The van der Waals surface area contributed by atoms with Crippen LogP contribution in [-0.2, 0) is 4.79 Å². The van der Waals surface area contributed by atoms with Crippen molar-refractivity contribution in [3.8, 4) is 11.5 Å². The topological polar surface area (TPSA) is 38.8 Å². The van der Waals surface area contributed by atoms with E-state index in [9.17, 15) is 9.18 Å². The Hall–Kier alpha value is -1.65. The van der Waals surface area contributed by atoms with Gasteiger partial charge in [-0.15, -0.1) is 0 Å². The van der Waals surface area contributed by atoms with Crippen LogP contribution < -0.4 is 14.4 Å². The normalized spacial score (nSPS) is 15.4. The van der Waals surface area contributed by atoms with Crippen molar-refractivity contribution in [3.63, 3.8) is 0 Å². The van der Waals surface area contributed by atoms with E-state index in [0.29, 0.717) is 33.0 Å². The maximum Gasteiger partial charge on any atom is 0.270 e. The van der Waals surface area contributed by atoms with E-state index in [4.69, 9.17) is 21.7 Å². The van der Waals surface area contributed by atoms with Crippen LogP contribution in [0.4, 0.5) is 10.1 Å². The molecule has 0 unspecified atom stereocenters. The van der Waals surface area contributed by atoms with Crippen LogP contribution in [0.5, 0.6) is 11.5 Å². The lowest BCUT2D eigenvalue weighted by Crippen LogP contribution is -2.27. The average molecular weight is 529 g/mol. The number of methoxy groups -OCH3 is 1. The van der Waals surface area contributed by atoms with Gasteiger partial charge in [0.15, 0.2) is 15.8 Å². The Balaban J connectivity index is 1.92. The number of hydrogen-bond acceptors (Lipinski definition) is 5. The standard InChI is InChI=1S/C20H17FINO3S2/c1-3-7-26-18-15(22)8-12(9-16(18)25-2)10-17-19(24)23(20(27)28-17)14-6-4-5-13(21)11-14/h4-6,8-11H,3,7H2,1-2H3/b17-10+. The molecule has 0 N–H and O–H groups in total. The van der Waals surface area contributed by atoms with E-state index in [1.165, 1.54) is 28.8 Å². The van der Waals surface area contributed by atoms with Gasteiger partial charge in [0, 0.05) is 0 Å². The summed E-state index contributed by atoms with van der Waals surface area (Å²) in [6.45, 7) is 2.63. The van der Waals surface area contributed by atoms with Crippen LogP contribution in [0.2, 0.25) is 0 Å². The molecular weight excluding hydrogens is 512 g/mol. The Kier molecular flexibility index (Phi) is 6.95. The fourth-order valence-electron chi connectivity index (χ4n) is 2.62. The molecule has 2 aromatic carbocycles. The number of carbonyl (C=O) groups is 1. The molecule has 0 aromatic heterocycles. The average Bonchev–Trinajstić information content (AvgIpc) is 2.93. The molecule has 146 valence electrons. The van der Waals surface area contributed by atoms with Gasteiger partial charge in [-0.05, 0) is 71.0 Å². The van der Waals surface area contributed by atoms with Crippen LogP contribution >= 0.6 is 46.6 Å². The molecule has 0 spiro atoms. The zero-order chi connectivity index (χ0) is 20.3. The summed E-state index contributed by atoms with van der Waals surface area (Å²) < 4.78 is 26.0. The summed E-state index contributed by atoms with van der Waals surface area (Å²) in [5.41, 5.74) is 1.21. The van der Waals surface area contributed by atoms with Crippen LogP contribution in [0.15, 0.2) is 41.3 Å². The quantitative estimate of drug-likeness (QED) is 0.276. The Morgan fingerprint density at radius 2 is 2.11 bits per heavy atom. The van der Waals surface area contributed by atoms with Crippen molar-refractivity contribution in [2.45, 2.75) is 13.3 Å². The molecule has 8 heteroatoms. The molecule has 0 bridgehead atoms. The van der Waals surface area contributed by atoms with Gasteiger partial charge >= 0.3 is 0 Å². The third-order valence-corrected chi connectivity index (χ3v) is 5.96. The van der Waals surface area contributed by atoms with Crippen molar-refractivity contribution in [3.05, 3.63) is 56.3 Å². The summed E-state index contributed by atoms with van der Waals surface area (Å²) in [6.07, 6.45) is 2.65. The first-order valence-electron chi connectivity index (χ1n) is 8.48. The highest BCUT2D eigenvalue weighted by atomic mass is 127. The van der Waals surface area contributed by atoms with Crippen LogP contribution in [0, 0.1) is 9.39 Å². The smallest absolute Gasteiger partial charge is 0.270 e. The molecular formula is C20H17FINO3S2. The first kappa shape index (κ1) is 21.1. The molecule has 1 fully saturated rings. The number of thiocarbonyl (C=S) groups is 1. The zero-order valence-electron chi connectivity index (χ0n) is 15.2. The van der Waals surface area contributed by atoms with E-state index in [-0.39, 0.29) is 5.91 Å². The highest BCUT2D eigenvalue weighted by Gasteiger charge is 2.33. The largest absolute Gasteiger partial charge is 0.493 e. The van der Waals surface area contributed by atoms with Crippen LogP contribution in [0.3, 0.4) is 0 Å². The summed E-state index contributed by atoms with van der Waals surface area (Å²) in [6, 6.07) is 9.56. The number of halogens is 2. The summed E-state index contributed by atoms with van der Waals surface area (Å²) in [5, 5.41) is 0. The zero-order valence-corrected chi connectivity index (χ0v) is 19.0. The lowest BCUT2D eigenvalue weighted by molar-refractivity contribution is -0.113. The fourth-order valence-corrected chi connectivity index (χ4v) is 4.70. The monoisotopic (exact) mass is 529 g/mol. The van der Waals surface area contributed by atoms with Crippen LogP contribution in [0.1, 0.15) is 18.9 Å². The maximum atomic E-state index is 13.5. The fraction of sp³-hybridized carbons (Fsp3) is 0.200. The molecule has 0 saturated carbocycles. The van der Waals surface area contributed by atoms with Crippen LogP contribution in [0.25, 0.3) is 6.08 Å². The van der Waals surface area contributed by atoms with Gasteiger partial charge in [-0.25, -0.2) is 4.39 Å². The molecule has 1 amide bonds. The highest BCUT2D eigenvalue weighted by Crippen LogP contribution is 2.39. The molecule has 1 aliphatic rings. The van der Waals surface area contributed by atoms with Crippen molar-refractivity contribution in [1.82, 2.24) is 0 Å². The van der Waals surface area contributed by atoms with E-state index in [1.54, 1.807) is 25.3 Å². The molecule has 2 aromatic rings. The molecule has 1 heterocycles. The van der Waals surface area contributed by atoms with Gasteiger partial charge in [0.05, 0.1) is 27.9 Å². The molecule has 1 saturated heterocycles. The van der Waals surface area contributed by atoms with Crippen LogP contribution in [-0.4, -0.2) is 23.9 Å². The number of anilines is 1. The van der Waals surface area contributed by atoms with E-state index in [2.05, 4.69) is 22.6 Å². The number of rotatable bonds is 6. The number of benzene rings is 2. The van der Waals surface area contributed by atoms with Crippen molar-refractivity contribution in [2.24, 2.45) is 0 Å². The van der Waals surface area contributed by atoms with Crippen molar-refractivity contribution in [1.29, 1.82) is 0 Å². The predicted molar refractivity (Wildman–Crippen MR) is 124 cm³/mol. The third-order valence-electron chi connectivity index (χ3n) is 3.86. The Bertz CT molecular complexity index is 964. The number of nitrogens with zero attached hydrogens (tertiary/aromatic N) is 1. The van der Waals surface area contributed by atoms with Gasteiger partial charge in [0.2, 0.25) is 0 Å². The van der Waals surface area contributed by atoms with Gasteiger partial charge in [0.25, 0.3) is 5.91 Å². The molecule has 0 radical (unpaired) electrons. The minimum Gasteiger partial charge on any atom is -0.493 e. The minimum absolute atomic E-state index is 0.277. The lowest BCUT2D eigenvalue weighted by atomic mass is 10.1. The number of carbonyl (C=O) groups excluding carboxylic acids is 1. The Morgan fingerprint density at radius 3 is 2.79 bits per heavy atom. The first-order valence-corrected chi connectivity index (χ1v) is 10.8. The molecule has 28 heavy (non-hydrogen) atoms. The second kappa shape index (κ2) is 9.23. The van der Waals surface area contributed by atoms with Gasteiger partial charge in [0.1, 0.15) is 5.82 Å². The number of ether oxygens (including phenoxy) is 2. The first-order chi connectivity index (χ1) is 13.4. The molecule has 0 aliphatic carbocycles. The van der Waals surface area contributed by atoms with Gasteiger partial charge in [-0.2, -0.15) is 0 Å². The summed E-state index contributed by atoms with van der Waals surface area (Å²) in [7, 11) is 1.58. The van der Waals surface area contributed by atoms with E-state index in [1.807, 2.05) is 19.1 Å². The summed E-state index contributed by atoms with van der Waals surface area (Å²) in [4.78, 5) is 14.7. The summed E-state index contributed by atoms with van der Waals surface area (Å²) in [5.74, 6) is 0.597. The minimum atomic E-state index is -0.419. The maximum absolute atomic E-state index is 13.5. The number of thioether (sulfide) groups is 1. The molecule has 1 aliphatic heterocycles. The molecule has 3 rings (SSSR count). The predicted octanol–water partition coefficient (Wildman–Crippen LogP) is 5.63. The second-order valence-corrected chi connectivity index (χ2v) is 8.72. The summed E-state index contributed by atoms with van der Waals surface area (Å²) >= 11 is 8.71. The highest BCUT2D eigenvalue weighted by molar-refractivity contribution is 14.1. The Labute approximate surface area is 186 Å². The lowest BCUT2D eigenvalue weighted by Gasteiger charge is -2.14. The van der Waals surface area contributed by atoms with Gasteiger partial charge in [-0.3, -0.25) is 9.69 Å².